The highest BCUT2D eigenvalue weighted by atomic mass is 16.5. The summed E-state index contributed by atoms with van der Waals surface area (Å²) in [4.78, 5) is 38.5. The SMILES string of the molecule is CCCCOC(=O)CCc1ccc(C(C)C)cc2c(C)cc(C3=C(O)C(=C4CC(C)=C5C=C(C(C)C)C=CC(CCC(=O)O)=C54)C3=O)c1-2. The molecule has 0 atom stereocenters. The summed E-state index contributed by atoms with van der Waals surface area (Å²) in [6.07, 6.45) is 9.43. The van der Waals surface area contributed by atoms with Crippen LogP contribution in [-0.2, 0) is 25.5 Å². The number of hydrogen-bond donors (Lipinski definition) is 2. The Kier molecular flexibility index (Phi) is 10.4. The minimum absolute atomic E-state index is 0.0251. The van der Waals surface area contributed by atoms with Crippen LogP contribution < -0.4 is 0 Å². The van der Waals surface area contributed by atoms with E-state index in [1.54, 1.807) is 0 Å². The number of carbonyl (C=O) groups excluding carboxylic acids is 2. The average Bonchev–Trinajstić information content (AvgIpc) is 3.31. The van der Waals surface area contributed by atoms with Gasteiger partial charge in [-0.25, -0.2) is 0 Å². The van der Waals surface area contributed by atoms with Crippen molar-refractivity contribution in [3.63, 3.8) is 0 Å². The van der Waals surface area contributed by atoms with E-state index in [2.05, 4.69) is 52.8 Å². The summed E-state index contributed by atoms with van der Waals surface area (Å²) in [5, 5.41) is 21.3. The second kappa shape index (κ2) is 14.3. The molecule has 2 N–H and O–H groups in total. The summed E-state index contributed by atoms with van der Waals surface area (Å²) >= 11 is 0. The van der Waals surface area contributed by atoms with Gasteiger partial charge in [0.15, 0.2) is 0 Å². The van der Waals surface area contributed by atoms with E-state index in [4.69, 9.17) is 4.74 Å². The van der Waals surface area contributed by atoms with Crippen molar-refractivity contribution in [2.45, 2.75) is 99.3 Å². The first-order valence-corrected chi connectivity index (χ1v) is 17.3. The van der Waals surface area contributed by atoms with Gasteiger partial charge in [0.25, 0.3) is 0 Å². The number of carboxylic acids is 1. The van der Waals surface area contributed by atoms with Gasteiger partial charge in [-0.15, -0.1) is 0 Å². The van der Waals surface area contributed by atoms with Gasteiger partial charge >= 0.3 is 11.9 Å². The van der Waals surface area contributed by atoms with Gasteiger partial charge in [-0.2, -0.15) is 0 Å². The molecule has 0 aromatic carbocycles. The standard InChI is InChI=1S/C42H48O6/c1-8-9-18-48-36(45)17-15-28-11-13-30(24(4)5)22-32-26(7)20-34(38(28)32)40-41(46)39(42(40)47)33-19-25(6)31-21-29(23(2)3)12-10-27(37(31)33)14-16-35(43)44/h10-13,20-24,46H,8-9,14-19H2,1-7H3,(H,43,44). The van der Waals surface area contributed by atoms with E-state index in [1.165, 1.54) is 0 Å². The number of carbonyl (C=O) groups is 3. The van der Waals surface area contributed by atoms with Crippen molar-refractivity contribution in [3.8, 4) is 11.1 Å². The molecule has 5 aliphatic rings. The lowest BCUT2D eigenvalue weighted by Crippen LogP contribution is -2.23. The van der Waals surface area contributed by atoms with Gasteiger partial charge in [0.05, 0.1) is 17.8 Å². The lowest BCUT2D eigenvalue weighted by Gasteiger charge is -2.25. The Balaban J connectivity index is 1.63. The first-order chi connectivity index (χ1) is 22.8. The maximum atomic E-state index is 14.3. The number of hydrogen-bond acceptors (Lipinski definition) is 5. The normalized spacial score (nSPS) is 17.9. The number of ketones is 1. The van der Waals surface area contributed by atoms with E-state index < -0.39 is 5.97 Å². The van der Waals surface area contributed by atoms with E-state index in [-0.39, 0.29) is 42.2 Å². The molecule has 0 saturated carbocycles. The molecular formula is C42H48O6. The fourth-order valence-corrected chi connectivity index (χ4v) is 6.98. The molecule has 0 aliphatic heterocycles. The molecule has 0 saturated heterocycles. The van der Waals surface area contributed by atoms with Crippen LogP contribution >= 0.6 is 0 Å². The number of fused-ring (bicyclic) bond motifs is 2. The van der Waals surface area contributed by atoms with Crippen molar-refractivity contribution in [3.05, 3.63) is 110 Å². The van der Waals surface area contributed by atoms with Gasteiger partial charge < -0.3 is 14.9 Å². The van der Waals surface area contributed by atoms with Gasteiger partial charge in [-0.1, -0.05) is 83.0 Å². The molecule has 6 nitrogen and oxygen atoms in total. The second-order valence-corrected chi connectivity index (χ2v) is 14.0. The van der Waals surface area contributed by atoms with E-state index in [0.717, 1.165) is 74.1 Å². The lowest BCUT2D eigenvalue weighted by atomic mass is 9.77. The number of allylic oxidation sites excluding steroid dienone is 11. The number of esters is 1. The zero-order valence-corrected chi connectivity index (χ0v) is 29.4. The summed E-state index contributed by atoms with van der Waals surface area (Å²) in [6, 6.07) is 8.28. The number of carboxylic acid groups (broad SMARTS) is 1. The van der Waals surface area contributed by atoms with Crippen LogP contribution in [0.5, 0.6) is 0 Å². The van der Waals surface area contributed by atoms with Crippen LogP contribution in [0.4, 0.5) is 0 Å². The van der Waals surface area contributed by atoms with E-state index in [9.17, 15) is 24.6 Å². The van der Waals surface area contributed by atoms with Gasteiger partial charge in [0, 0.05) is 12.8 Å². The zero-order valence-electron chi connectivity index (χ0n) is 29.4. The highest BCUT2D eigenvalue weighted by molar-refractivity contribution is 6.40. The summed E-state index contributed by atoms with van der Waals surface area (Å²) in [5.41, 5.74) is 12.0. The molecule has 6 heteroatoms. The summed E-state index contributed by atoms with van der Waals surface area (Å²) in [7, 11) is 0. The quantitative estimate of drug-likeness (QED) is 0.135. The minimum atomic E-state index is -0.880. The van der Waals surface area contributed by atoms with Crippen molar-refractivity contribution < 1.29 is 29.3 Å². The monoisotopic (exact) mass is 648 g/mol. The molecule has 0 amide bonds. The zero-order chi connectivity index (χ0) is 34.9. The number of aryl methyl sites for hydroxylation is 2. The van der Waals surface area contributed by atoms with Crippen LogP contribution in [0.1, 0.15) is 108 Å². The van der Waals surface area contributed by atoms with Crippen molar-refractivity contribution in [1.29, 1.82) is 0 Å². The molecule has 48 heavy (non-hydrogen) atoms. The van der Waals surface area contributed by atoms with Gasteiger partial charge in [0.1, 0.15) is 5.76 Å². The van der Waals surface area contributed by atoms with Crippen LogP contribution in [0.15, 0.2) is 87.3 Å². The molecule has 0 fully saturated rings. The summed E-state index contributed by atoms with van der Waals surface area (Å²) < 4.78 is 5.44. The molecule has 0 radical (unpaired) electrons. The number of aliphatic hydroxyl groups is 1. The highest BCUT2D eigenvalue weighted by Gasteiger charge is 2.42. The molecule has 0 heterocycles. The number of ether oxygens (including phenoxy) is 1. The smallest absolute Gasteiger partial charge is 0.306 e. The minimum Gasteiger partial charge on any atom is -0.506 e. The lowest BCUT2D eigenvalue weighted by molar-refractivity contribution is -0.143. The third-order valence-electron chi connectivity index (χ3n) is 9.82. The van der Waals surface area contributed by atoms with Crippen LogP contribution in [0.2, 0.25) is 0 Å². The fourth-order valence-electron chi connectivity index (χ4n) is 6.98. The third kappa shape index (κ3) is 6.76. The van der Waals surface area contributed by atoms with Crippen LogP contribution in [0.25, 0.3) is 16.7 Å². The maximum absolute atomic E-state index is 14.3. The van der Waals surface area contributed by atoms with Gasteiger partial charge in [0.2, 0.25) is 5.78 Å². The Morgan fingerprint density at radius 1 is 0.917 bits per heavy atom. The maximum Gasteiger partial charge on any atom is 0.306 e. The van der Waals surface area contributed by atoms with E-state index in [0.29, 0.717) is 42.6 Å². The Bertz CT molecular complexity index is 1830. The predicted molar refractivity (Wildman–Crippen MR) is 191 cm³/mol. The molecule has 5 rings (SSSR count). The molecule has 5 aliphatic carbocycles. The molecule has 0 aromatic heterocycles. The first-order valence-electron chi connectivity index (χ1n) is 17.3. The van der Waals surface area contributed by atoms with E-state index >= 15 is 0 Å². The highest BCUT2D eigenvalue weighted by Crippen LogP contribution is 2.51. The molecular weight excluding hydrogens is 600 g/mol. The molecule has 0 aromatic rings. The Morgan fingerprint density at radius 2 is 1.67 bits per heavy atom. The third-order valence-corrected chi connectivity index (χ3v) is 9.82. The molecule has 252 valence electrons. The Labute approximate surface area is 284 Å². The number of unbranched alkanes of at least 4 members (excludes halogenated alkanes) is 1. The van der Waals surface area contributed by atoms with Crippen LogP contribution in [0, 0.1) is 12.8 Å². The van der Waals surface area contributed by atoms with Crippen LogP contribution in [0.3, 0.4) is 0 Å². The number of rotatable bonds is 12. The van der Waals surface area contributed by atoms with Crippen molar-refractivity contribution in [2.75, 3.05) is 6.61 Å². The van der Waals surface area contributed by atoms with Gasteiger partial charge in [-0.05, 0) is 119 Å². The summed E-state index contributed by atoms with van der Waals surface area (Å²) in [5.74, 6) is -0.825. The fraction of sp³-hybridized carbons (Fsp3) is 0.405. The van der Waals surface area contributed by atoms with Crippen molar-refractivity contribution in [2.24, 2.45) is 5.92 Å². The second-order valence-electron chi connectivity index (χ2n) is 14.0. The van der Waals surface area contributed by atoms with Crippen LogP contribution in [-0.4, -0.2) is 34.5 Å². The molecule has 0 bridgehead atoms. The van der Waals surface area contributed by atoms with Crippen molar-refractivity contribution in [1.82, 2.24) is 0 Å². The first kappa shape index (κ1) is 34.9. The number of Topliss-reactive ketones (excluding diaryl/α,β-unsaturated/α-hetero) is 1. The molecule has 0 unspecified atom stereocenters. The number of aliphatic hydroxyl groups excluding tert-OH is 1. The van der Waals surface area contributed by atoms with Crippen molar-refractivity contribution >= 4 is 23.3 Å². The number of aliphatic carboxylic acids is 1. The average molecular weight is 649 g/mol. The van der Waals surface area contributed by atoms with E-state index in [1.807, 2.05) is 38.1 Å². The van der Waals surface area contributed by atoms with Gasteiger partial charge in [-0.3, -0.25) is 14.4 Å². The Hall–Kier alpha value is -4.45. The largest absolute Gasteiger partial charge is 0.506 e. The molecule has 0 spiro atoms. The summed E-state index contributed by atoms with van der Waals surface area (Å²) in [6.45, 7) is 15.1. The predicted octanol–water partition coefficient (Wildman–Crippen LogP) is 9.68. The Morgan fingerprint density at radius 3 is 2.31 bits per heavy atom. The topological polar surface area (TPSA) is 101 Å².